The molecule has 7 nitrogen and oxygen atoms in total. The van der Waals surface area contributed by atoms with Gasteiger partial charge in [0.05, 0.1) is 10.3 Å². The lowest BCUT2D eigenvalue weighted by atomic mass is 10.1. The molecule has 0 bridgehead atoms. The molecule has 21 heavy (non-hydrogen) atoms. The number of hydrogen-bond donors (Lipinski definition) is 2. The molecule has 0 radical (unpaired) electrons. The predicted molar refractivity (Wildman–Crippen MR) is 78.4 cm³/mol. The van der Waals surface area contributed by atoms with E-state index < -0.39 is 10.9 Å². The summed E-state index contributed by atoms with van der Waals surface area (Å²) in [6.45, 7) is 1.87. The number of aliphatic carboxylic acids is 1. The number of carboxylic acids is 1. The van der Waals surface area contributed by atoms with Crippen molar-refractivity contribution >= 4 is 28.1 Å². The third-order valence-electron chi connectivity index (χ3n) is 3.18. The molecular weight excluding hydrogens is 274 g/mol. The summed E-state index contributed by atoms with van der Waals surface area (Å²) in [7, 11) is 0. The second-order valence-corrected chi connectivity index (χ2v) is 4.79. The fourth-order valence-corrected chi connectivity index (χ4v) is 2.14. The van der Waals surface area contributed by atoms with Crippen LogP contribution in [0.1, 0.15) is 19.8 Å². The minimum atomic E-state index is -0.846. The number of benzene rings is 1. The standard InChI is InChI=1S/C14H15N3O4/c1-9(2-5-14(18)19)16-12-3-4-13(17(20)21)11-8-15-7-6-10(11)12/h3-4,6-9,16H,2,5H2,1H3,(H,18,19). The van der Waals surface area contributed by atoms with Crippen LogP contribution in [0.4, 0.5) is 11.4 Å². The van der Waals surface area contributed by atoms with Crippen molar-refractivity contribution in [1.82, 2.24) is 4.98 Å². The maximum absolute atomic E-state index is 11.0. The molecule has 0 saturated carbocycles. The highest BCUT2D eigenvalue weighted by atomic mass is 16.6. The van der Waals surface area contributed by atoms with Gasteiger partial charge in [-0.15, -0.1) is 0 Å². The summed E-state index contributed by atoms with van der Waals surface area (Å²) < 4.78 is 0. The summed E-state index contributed by atoms with van der Waals surface area (Å²) in [6.07, 6.45) is 3.57. The number of carbonyl (C=O) groups is 1. The molecule has 1 heterocycles. The minimum Gasteiger partial charge on any atom is -0.481 e. The zero-order chi connectivity index (χ0) is 15.4. The number of carboxylic acid groups (broad SMARTS) is 1. The van der Waals surface area contributed by atoms with E-state index in [2.05, 4.69) is 10.3 Å². The Morgan fingerprint density at radius 3 is 2.86 bits per heavy atom. The fraction of sp³-hybridized carbons (Fsp3) is 0.286. The van der Waals surface area contributed by atoms with Gasteiger partial charge >= 0.3 is 5.97 Å². The number of fused-ring (bicyclic) bond motifs is 1. The Balaban J connectivity index is 2.31. The molecule has 7 heteroatoms. The average Bonchev–Trinajstić information content (AvgIpc) is 2.45. The van der Waals surface area contributed by atoms with E-state index in [9.17, 15) is 14.9 Å². The zero-order valence-electron chi connectivity index (χ0n) is 11.4. The van der Waals surface area contributed by atoms with E-state index in [1.165, 1.54) is 12.3 Å². The van der Waals surface area contributed by atoms with E-state index in [0.717, 1.165) is 5.69 Å². The molecule has 110 valence electrons. The minimum absolute atomic E-state index is 0.00170. The van der Waals surface area contributed by atoms with Crippen LogP contribution in [0.3, 0.4) is 0 Å². The maximum atomic E-state index is 11.0. The van der Waals surface area contributed by atoms with Gasteiger partial charge in [-0.2, -0.15) is 0 Å². The monoisotopic (exact) mass is 289 g/mol. The van der Waals surface area contributed by atoms with Crippen molar-refractivity contribution in [3.8, 4) is 0 Å². The summed E-state index contributed by atoms with van der Waals surface area (Å²) in [6, 6.07) is 4.71. The van der Waals surface area contributed by atoms with Crippen LogP contribution >= 0.6 is 0 Å². The van der Waals surface area contributed by atoms with Gasteiger partial charge in [0, 0.05) is 42.0 Å². The lowest BCUT2D eigenvalue weighted by molar-refractivity contribution is -0.383. The summed E-state index contributed by atoms with van der Waals surface area (Å²) in [5, 5.41) is 24.0. The quantitative estimate of drug-likeness (QED) is 0.625. The Morgan fingerprint density at radius 1 is 1.43 bits per heavy atom. The second kappa shape index (κ2) is 6.17. The molecule has 2 N–H and O–H groups in total. The lowest BCUT2D eigenvalue weighted by Crippen LogP contribution is -2.16. The number of anilines is 1. The Kier molecular flexibility index (Phi) is 4.32. The molecule has 0 aliphatic rings. The van der Waals surface area contributed by atoms with Gasteiger partial charge in [0.2, 0.25) is 0 Å². The van der Waals surface area contributed by atoms with E-state index in [1.54, 1.807) is 18.3 Å². The maximum Gasteiger partial charge on any atom is 0.303 e. The summed E-state index contributed by atoms with van der Waals surface area (Å²) in [5.74, 6) is -0.846. The van der Waals surface area contributed by atoms with Crippen molar-refractivity contribution in [3.63, 3.8) is 0 Å². The summed E-state index contributed by atoms with van der Waals surface area (Å²) >= 11 is 0. The highest BCUT2D eigenvalue weighted by Crippen LogP contribution is 2.31. The molecule has 1 atom stereocenters. The van der Waals surface area contributed by atoms with Crippen molar-refractivity contribution in [2.24, 2.45) is 0 Å². The van der Waals surface area contributed by atoms with E-state index in [-0.39, 0.29) is 18.2 Å². The molecule has 1 unspecified atom stereocenters. The number of hydrogen-bond acceptors (Lipinski definition) is 5. The van der Waals surface area contributed by atoms with Crippen LogP contribution in [-0.4, -0.2) is 27.0 Å². The Morgan fingerprint density at radius 2 is 2.19 bits per heavy atom. The summed E-state index contributed by atoms with van der Waals surface area (Å²) in [5.41, 5.74) is 0.734. The van der Waals surface area contributed by atoms with Gasteiger partial charge in [0.1, 0.15) is 0 Å². The first-order valence-electron chi connectivity index (χ1n) is 6.48. The van der Waals surface area contributed by atoms with Crippen LogP contribution in [0.2, 0.25) is 0 Å². The van der Waals surface area contributed by atoms with E-state index in [0.29, 0.717) is 17.2 Å². The fourth-order valence-electron chi connectivity index (χ4n) is 2.14. The highest BCUT2D eigenvalue weighted by Gasteiger charge is 2.15. The molecule has 0 fully saturated rings. The number of nitrogens with one attached hydrogen (secondary N) is 1. The number of pyridine rings is 1. The molecule has 0 amide bonds. The molecule has 1 aromatic carbocycles. The first-order valence-corrected chi connectivity index (χ1v) is 6.48. The molecular formula is C14H15N3O4. The Bertz CT molecular complexity index is 687. The molecule has 0 spiro atoms. The van der Waals surface area contributed by atoms with Gasteiger partial charge in [-0.1, -0.05) is 0 Å². The number of non-ortho nitro benzene ring substituents is 1. The van der Waals surface area contributed by atoms with Crippen molar-refractivity contribution in [2.75, 3.05) is 5.32 Å². The van der Waals surface area contributed by atoms with Crippen molar-refractivity contribution < 1.29 is 14.8 Å². The van der Waals surface area contributed by atoms with Crippen LogP contribution in [0.25, 0.3) is 10.8 Å². The molecule has 1 aromatic heterocycles. The number of nitro benzene ring substituents is 1. The Hall–Kier alpha value is -2.70. The van der Waals surface area contributed by atoms with Gasteiger partial charge < -0.3 is 10.4 Å². The first kappa shape index (κ1) is 14.7. The highest BCUT2D eigenvalue weighted by molar-refractivity contribution is 5.99. The normalized spacial score (nSPS) is 12.0. The van der Waals surface area contributed by atoms with Gasteiger partial charge in [0.15, 0.2) is 0 Å². The van der Waals surface area contributed by atoms with Crippen molar-refractivity contribution in [1.29, 1.82) is 0 Å². The smallest absolute Gasteiger partial charge is 0.303 e. The molecule has 0 aliphatic carbocycles. The zero-order valence-corrected chi connectivity index (χ0v) is 11.4. The third-order valence-corrected chi connectivity index (χ3v) is 3.18. The van der Waals surface area contributed by atoms with Crippen molar-refractivity contribution in [2.45, 2.75) is 25.8 Å². The predicted octanol–water partition coefficient (Wildman–Crippen LogP) is 2.81. The molecule has 0 saturated heterocycles. The van der Waals surface area contributed by atoms with Crippen LogP contribution in [0.15, 0.2) is 30.6 Å². The van der Waals surface area contributed by atoms with Crippen molar-refractivity contribution in [3.05, 3.63) is 40.7 Å². The van der Waals surface area contributed by atoms with Gasteiger partial charge in [0.25, 0.3) is 5.69 Å². The molecule has 2 rings (SSSR count). The topological polar surface area (TPSA) is 105 Å². The SMILES string of the molecule is CC(CCC(=O)O)Nc1ccc([N+](=O)[O-])c2cnccc12. The largest absolute Gasteiger partial charge is 0.481 e. The van der Waals surface area contributed by atoms with Gasteiger partial charge in [-0.25, -0.2) is 0 Å². The number of nitrogens with zero attached hydrogens (tertiary/aromatic N) is 2. The van der Waals surface area contributed by atoms with Crippen LogP contribution in [-0.2, 0) is 4.79 Å². The van der Waals surface area contributed by atoms with Crippen LogP contribution in [0.5, 0.6) is 0 Å². The number of rotatable bonds is 6. The number of aromatic nitrogens is 1. The van der Waals surface area contributed by atoms with Crippen LogP contribution in [0, 0.1) is 10.1 Å². The lowest BCUT2D eigenvalue weighted by Gasteiger charge is -2.16. The van der Waals surface area contributed by atoms with E-state index >= 15 is 0 Å². The number of nitro groups is 1. The third kappa shape index (κ3) is 3.44. The average molecular weight is 289 g/mol. The van der Waals surface area contributed by atoms with E-state index in [4.69, 9.17) is 5.11 Å². The van der Waals surface area contributed by atoms with Crippen LogP contribution < -0.4 is 5.32 Å². The Labute approximate surface area is 120 Å². The van der Waals surface area contributed by atoms with Gasteiger partial charge in [-0.3, -0.25) is 19.9 Å². The van der Waals surface area contributed by atoms with E-state index in [1.807, 2.05) is 6.92 Å². The molecule has 0 aliphatic heterocycles. The molecule has 2 aromatic rings. The van der Waals surface area contributed by atoms with Gasteiger partial charge in [-0.05, 0) is 25.5 Å². The first-order chi connectivity index (χ1) is 9.99. The summed E-state index contributed by atoms with van der Waals surface area (Å²) in [4.78, 5) is 25.1. The second-order valence-electron chi connectivity index (χ2n) is 4.79.